The second kappa shape index (κ2) is 13.8. The van der Waals surface area contributed by atoms with Crippen LogP contribution in [0.5, 0.6) is 5.75 Å². The van der Waals surface area contributed by atoms with Crippen molar-refractivity contribution in [2.45, 2.75) is 25.6 Å². The largest absolute Gasteiger partial charge is 0.484 e. The molecule has 4 rings (SSSR count). The molecule has 0 aliphatic carbocycles. The average Bonchev–Trinajstić information content (AvgIpc) is 2.95. The Morgan fingerprint density at radius 3 is 2.18 bits per heavy atom. The maximum absolute atomic E-state index is 13.7. The third kappa shape index (κ3) is 8.31. The smallest absolute Gasteiger partial charge is 0.261 e. The van der Waals surface area contributed by atoms with Gasteiger partial charge in [-0.3, -0.25) is 9.59 Å². The van der Waals surface area contributed by atoms with Crippen molar-refractivity contribution in [3.8, 4) is 5.75 Å². The van der Waals surface area contributed by atoms with E-state index in [-0.39, 0.29) is 43.7 Å². The van der Waals surface area contributed by atoms with Crippen molar-refractivity contribution in [3.63, 3.8) is 0 Å². The molecule has 0 heterocycles. The Kier molecular flexibility index (Phi) is 9.95. The quantitative estimate of drug-likeness (QED) is 0.227. The monoisotopic (exact) mass is 564 g/mol. The van der Waals surface area contributed by atoms with E-state index in [2.05, 4.69) is 5.32 Å². The number of amides is 2. The summed E-state index contributed by atoms with van der Waals surface area (Å²) in [4.78, 5) is 28.8. The predicted molar refractivity (Wildman–Crippen MR) is 151 cm³/mol. The van der Waals surface area contributed by atoms with Gasteiger partial charge >= 0.3 is 0 Å². The Morgan fingerprint density at radius 1 is 0.846 bits per heavy atom. The molecule has 4 aromatic carbocycles. The summed E-state index contributed by atoms with van der Waals surface area (Å²) in [5.41, 5.74) is 2.25. The molecule has 2 amide bonds. The van der Waals surface area contributed by atoms with Crippen molar-refractivity contribution in [3.05, 3.63) is 136 Å². The van der Waals surface area contributed by atoms with Gasteiger partial charge in [-0.2, -0.15) is 0 Å². The Hall–Kier alpha value is -3.87. The number of para-hydroxylation sites is 1. The Balaban J connectivity index is 1.61. The molecule has 0 aliphatic rings. The number of hydrogen-bond acceptors (Lipinski definition) is 3. The van der Waals surface area contributed by atoms with Crippen molar-refractivity contribution in [1.82, 2.24) is 10.2 Å². The van der Waals surface area contributed by atoms with E-state index in [0.29, 0.717) is 26.9 Å². The van der Waals surface area contributed by atoms with Crippen LogP contribution in [0.1, 0.15) is 16.7 Å². The van der Waals surface area contributed by atoms with Crippen LogP contribution in [0.4, 0.5) is 4.39 Å². The van der Waals surface area contributed by atoms with Gasteiger partial charge in [0.25, 0.3) is 5.91 Å². The average molecular weight is 565 g/mol. The minimum atomic E-state index is -0.879. The predicted octanol–water partition coefficient (Wildman–Crippen LogP) is 6.47. The summed E-state index contributed by atoms with van der Waals surface area (Å²) < 4.78 is 19.3. The number of rotatable bonds is 11. The van der Waals surface area contributed by atoms with Crippen LogP contribution in [0, 0.1) is 5.82 Å². The van der Waals surface area contributed by atoms with E-state index in [4.69, 9.17) is 27.9 Å². The van der Waals surface area contributed by atoms with E-state index in [1.807, 2.05) is 48.5 Å². The number of ether oxygens (including phenoxy) is 1. The molecule has 8 heteroatoms. The topological polar surface area (TPSA) is 58.6 Å². The number of carbonyl (C=O) groups excluding carboxylic acids is 2. The highest BCUT2D eigenvalue weighted by Gasteiger charge is 2.30. The molecule has 1 N–H and O–H groups in total. The fourth-order valence-corrected chi connectivity index (χ4v) is 4.53. The SMILES string of the molecule is O=C(NCc1ccc(Cl)cc1Cl)[C@H](Cc1ccccc1)N(Cc1ccc(F)cc1)C(=O)COc1ccccc1. The van der Waals surface area contributed by atoms with Crippen molar-refractivity contribution < 1.29 is 18.7 Å². The molecule has 0 radical (unpaired) electrons. The first-order valence-electron chi connectivity index (χ1n) is 12.4. The zero-order valence-electron chi connectivity index (χ0n) is 21.0. The maximum atomic E-state index is 13.7. The fraction of sp³-hybridized carbons (Fsp3) is 0.161. The molecule has 200 valence electrons. The third-order valence-electron chi connectivity index (χ3n) is 6.11. The minimum Gasteiger partial charge on any atom is -0.484 e. The lowest BCUT2D eigenvalue weighted by Gasteiger charge is -2.31. The number of halogens is 3. The van der Waals surface area contributed by atoms with Crippen LogP contribution in [0.2, 0.25) is 10.0 Å². The lowest BCUT2D eigenvalue weighted by molar-refractivity contribution is -0.142. The normalized spacial score (nSPS) is 11.5. The number of carbonyl (C=O) groups is 2. The van der Waals surface area contributed by atoms with Gasteiger partial charge in [0.05, 0.1) is 0 Å². The third-order valence-corrected chi connectivity index (χ3v) is 6.70. The van der Waals surface area contributed by atoms with Crippen molar-refractivity contribution >= 4 is 35.0 Å². The van der Waals surface area contributed by atoms with Crippen LogP contribution in [-0.4, -0.2) is 29.4 Å². The zero-order valence-corrected chi connectivity index (χ0v) is 22.5. The van der Waals surface area contributed by atoms with Crippen LogP contribution >= 0.6 is 23.2 Å². The maximum Gasteiger partial charge on any atom is 0.261 e. The first-order valence-corrected chi connectivity index (χ1v) is 13.1. The molecule has 1 atom stereocenters. The molecule has 4 aromatic rings. The second-order valence-corrected chi connectivity index (χ2v) is 9.75. The standard InChI is InChI=1S/C31H27Cl2FN2O3/c32-25-14-13-24(28(33)18-25)19-35-31(38)29(17-22-7-3-1-4-8-22)36(20-23-11-15-26(34)16-12-23)30(37)21-39-27-9-5-2-6-10-27/h1-16,18,29H,17,19-21H2,(H,35,38)/t29-/m0/s1. The summed E-state index contributed by atoms with van der Waals surface area (Å²) in [5.74, 6) is -0.597. The molecule has 0 aromatic heterocycles. The molecular weight excluding hydrogens is 538 g/mol. The van der Waals surface area contributed by atoms with Gasteiger partial charge in [0.2, 0.25) is 5.91 Å². The molecular formula is C31H27Cl2FN2O3. The van der Waals surface area contributed by atoms with Crippen LogP contribution < -0.4 is 10.1 Å². The van der Waals surface area contributed by atoms with Gasteiger partial charge in [0.15, 0.2) is 6.61 Å². The summed E-state index contributed by atoms with van der Waals surface area (Å²) in [5, 5.41) is 3.84. The lowest BCUT2D eigenvalue weighted by atomic mass is 10.0. The van der Waals surface area contributed by atoms with E-state index < -0.39 is 6.04 Å². The van der Waals surface area contributed by atoms with Gasteiger partial charge in [0, 0.05) is 29.6 Å². The summed E-state index contributed by atoms with van der Waals surface area (Å²) in [6.07, 6.45) is 0.263. The Morgan fingerprint density at radius 2 is 1.51 bits per heavy atom. The Labute approximate surface area is 237 Å². The van der Waals surface area contributed by atoms with E-state index in [1.54, 1.807) is 42.5 Å². The summed E-state index contributed by atoms with van der Waals surface area (Å²) in [7, 11) is 0. The van der Waals surface area contributed by atoms with E-state index in [0.717, 1.165) is 5.56 Å². The molecule has 0 aliphatic heterocycles. The minimum absolute atomic E-state index is 0.0872. The molecule has 0 saturated carbocycles. The number of nitrogens with zero attached hydrogens (tertiary/aromatic N) is 1. The van der Waals surface area contributed by atoms with E-state index in [1.165, 1.54) is 17.0 Å². The van der Waals surface area contributed by atoms with E-state index >= 15 is 0 Å². The lowest BCUT2D eigenvalue weighted by Crippen LogP contribution is -2.51. The van der Waals surface area contributed by atoms with Crippen molar-refractivity contribution in [2.24, 2.45) is 0 Å². The second-order valence-electron chi connectivity index (χ2n) is 8.91. The van der Waals surface area contributed by atoms with Crippen LogP contribution in [-0.2, 0) is 29.1 Å². The first kappa shape index (κ1) is 28.1. The number of benzene rings is 4. The molecule has 0 saturated heterocycles. The molecule has 39 heavy (non-hydrogen) atoms. The van der Waals surface area contributed by atoms with Crippen LogP contribution in [0.15, 0.2) is 103 Å². The van der Waals surface area contributed by atoms with Crippen LogP contribution in [0.25, 0.3) is 0 Å². The van der Waals surface area contributed by atoms with Gasteiger partial charge in [-0.25, -0.2) is 4.39 Å². The summed E-state index contributed by atoms with van der Waals surface area (Å²) >= 11 is 12.3. The highest BCUT2D eigenvalue weighted by molar-refractivity contribution is 6.35. The van der Waals surface area contributed by atoms with Gasteiger partial charge in [-0.15, -0.1) is 0 Å². The highest BCUT2D eigenvalue weighted by Crippen LogP contribution is 2.21. The molecule has 0 unspecified atom stereocenters. The molecule has 0 bridgehead atoms. The molecule has 5 nitrogen and oxygen atoms in total. The highest BCUT2D eigenvalue weighted by atomic mass is 35.5. The summed E-state index contributed by atoms with van der Waals surface area (Å²) in [6, 6.07) is 28.4. The van der Waals surface area contributed by atoms with E-state index in [9.17, 15) is 14.0 Å². The number of hydrogen-bond donors (Lipinski definition) is 1. The molecule has 0 spiro atoms. The van der Waals surface area contributed by atoms with Gasteiger partial charge in [-0.1, -0.05) is 89.9 Å². The van der Waals surface area contributed by atoms with Gasteiger partial charge in [-0.05, 0) is 53.1 Å². The molecule has 0 fully saturated rings. The Bertz CT molecular complexity index is 1390. The van der Waals surface area contributed by atoms with Crippen molar-refractivity contribution in [2.75, 3.05) is 6.61 Å². The van der Waals surface area contributed by atoms with Gasteiger partial charge < -0.3 is 15.0 Å². The number of nitrogens with one attached hydrogen (secondary N) is 1. The van der Waals surface area contributed by atoms with Gasteiger partial charge in [0.1, 0.15) is 17.6 Å². The first-order chi connectivity index (χ1) is 18.9. The van der Waals surface area contributed by atoms with Crippen LogP contribution in [0.3, 0.4) is 0 Å². The summed E-state index contributed by atoms with van der Waals surface area (Å²) in [6.45, 7) is -0.0319. The van der Waals surface area contributed by atoms with Crippen molar-refractivity contribution in [1.29, 1.82) is 0 Å². The zero-order chi connectivity index (χ0) is 27.6. The fourth-order valence-electron chi connectivity index (χ4n) is 4.05.